The zero-order valence-corrected chi connectivity index (χ0v) is 78.1. The standard InChI is InChI=1S/C90H125N23O20S2/c1-8-10-20-60-86(130)111(7)69(23-11-9-2)83(127)101-59(22-16-30-96-90(93)94)78(122)109-68(77(121)98-41-74(92)118)45-134-46-75(119)100-65(33-50-26-28-54(115)29-27-50)87(131)110(6)49(5)76(120)106-66(38-73(91)117)88(132)112-31-17-24-70(112)84(128)105-63(36-53-40-95-47-99-53)81(125)107-64(32-48(3)4)89(133)113-42-55(116)37-71(113)85(129)104-61(34-51-39-97-58-21-14-12-18-56(51)58)80(124)108-67(43-114)82(126)103-62(79(123)102-60)35-52-44-135-72-25-15-13-19-57(52)72/h12-15,18-19,21,25-29,39-40,44,47-49,55,59-71,97,114-116H,8-11,16-17,20,22-24,30-38,41-43,45-46H2,1-7H3,(H2,91,117)(H2,92,118)(H,95,99)(H,98,121)(H,100,119)(H,101,127)(H,102,123)(H,103,126)(H,104,129)(H,105,128)(H,106,120)(H,107,125)(H,108,124)(H,109,122)(H4,93,94,96)/t49-,55+,59-,60+,61-,62-,63-,64-,65-,66-,67-,68?,69-,70-,71-/m0/s1. The number of phenols is 1. The van der Waals surface area contributed by atoms with Crippen molar-refractivity contribution in [2.24, 2.45) is 23.1 Å². The van der Waals surface area contributed by atoms with Gasteiger partial charge in [-0.1, -0.05) is 102 Å². The molecule has 3 aromatic heterocycles. The van der Waals surface area contributed by atoms with Crippen molar-refractivity contribution in [1.29, 1.82) is 5.41 Å². The summed E-state index contributed by atoms with van der Waals surface area (Å²) in [7, 11) is 2.54. The van der Waals surface area contributed by atoms with Crippen LogP contribution in [-0.2, 0) is 107 Å². The predicted octanol–water partition coefficient (Wildman–Crippen LogP) is -2.54. The third-order valence-electron chi connectivity index (χ3n) is 23.8. The number of primary amides is 2. The molecule has 0 bridgehead atoms. The molecule has 135 heavy (non-hydrogen) atoms. The number of imidazole rings is 1. The second-order valence-electron chi connectivity index (χ2n) is 34.5. The van der Waals surface area contributed by atoms with Crippen molar-refractivity contribution in [3.63, 3.8) is 0 Å². The number of H-pyrrole nitrogens is 2. The number of aromatic nitrogens is 3. The maximum Gasteiger partial charge on any atom is 0.246 e. The van der Waals surface area contributed by atoms with E-state index in [1.807, 2.05) is 26.0 Å². The lowest BCUT2D eigenvalue weighted by atomic mass is 10.0. The number of aromatic amines is 2. The molecular formula is C90H125N23O20S2. The van der Waals surface area contributed by atoms with Gasteiger partial charge in [-0.3, -0.25) is 86.9 Å². The highest BCUT2D eigenvalue weighted by Gasteiger charge is 2.46. The van der Waals surface area contributed by atoms with Gasteiger partial charge in [-0.25, -0.2) is 4.98 Å². The van der Waals surface area contributed by atoms with Gasteiger partial charge >= 0.3 is 0 Å². The van der Waals surface area contributed by atoms with E-state index >= 15 is 38.4 Å². The molecule has 3 aliphatic rings. The molecule has 732 valence electrons. The number of phenolic OH excluding ortho intramolecular Hbond substituents is 1. The maximum atomic E-state index is 15.4. The topological polar surface area (TPSA) is 655 Å². The first kappa shape index (κ1) is 105. The number of fused-ring (bicyclic) bond motifs is 4. The summed E-state index contributed by atoms with van der Waals surface area (Å²) in [6.07, 6.45) is 2.04. The number of guanidine groups is 1. The highest BCUT2D eigenvalue weighted by Crippen LogP contribution is 2.30. The van der Waals surface area contributed by atoms with Gasteiger partial charge in [0.2, 0.25) is 100 Å². The first-order valence-electron chi connectivity index (χ1n) is 45.1. The Morgan fingerprint density at radius 2 is 1.16 bits per heavy atom. The van der Waals surface area contributed by atoms with Gasteiger partial charge < -0.3 is 126 Å². The van der Waals surface area contributed by atoms with Crippen LogP contribution in [0.15, 0.2) is 96.9 Å². The van der Waals surface area contributed by atoms with Crippen molar-refractivity contribution in [1.82, 2.24) is 98.4 Å². The summed E-state index contributed by atoms with van der Waals surface area (Å²) in [5.41, 5.74) is 19.2. The number of unbranched alkanes of at least 4 members (excludes halogenated alkanes) is 2. The lowest BCUT2D eigenvalue weighted by molar-refractivity contribution is -0.145. The first-order chi connectivity index (χ1) is 64.4. The van der Waals surface area contributed by atoms with Crippen LogP contribution in [0, 0.1) is 11.3 Å². The average Bonchev–Trinajstić information content (AvgIpc) is 1.65. The van der Waals surface area contributed by atoms with Gasteiger partial charge in [-0.2, -0.15) is 0 Å². The minimum absolute atomic E-state index is 0.0140. The number of para-hydroxylation sites is 1. The molecule has 6 aromatic rings. The number of aliphatic hydroxyl groups excluding tert-OH is 2. The fraction of sp³-hybridized carbons (Fsp3) is 0.522. The third-order valence-corrected chi connectivity index (χ3v) is 25.8. The molecule has 1 unspecified atom stereocenters. The van der Waals surface area contributed by atoms with E-state index in [0.29, 0.717) is 64.4 Å². The van der Waals surface area contributed by atoms with Crippen LogP contribution in [-0.4, -0.2) is 305 Å². The van der Waals surface area contributed by atoms with Crippen LogP contribution in [0.1, 0.15) is 140 Å². The van der Waals surface area contributed by atoms with Crippen molar-refractivity contribution in [2.45, 2.75) is 234 Å². The summed E-state index contributed by atoms with van der Waals surface area (Å²) >= 11 is 2.10. The number of aromatic hydroxyl groups is 1. The van der Waals surface area contributed by atoms with Crippen molar-refractivity contribution < 1.29 is 96.8 Å². The molecule has 3 saturated heterocycles. The molecule has 3 aliphatic heterocycles. The summed E-state index contributed by atoms with van der Waals surface area (Å²) in [5.74, 6) is -18.2. The number of aliphatic hydroxyl groups is 2. The highest BCUT2D eigenvalue weighted by molar-refractivity contribution is 8.00. The van der Waals surface area contributed by atoms with Gasteiger partial charge in [0.15, 0.2) is 5.96 Å². The van der Waals surface area contributed by atoms with Gasteiger partial charge in [-0.05, 0) is 110 Å². The van der Waals surface area contributed by atoms with Crippen LogP contribution in [0.5, 0.6) is 5.75 Å². The molecule has 3 aromatic carbocycles. The van der Waals surface area contributed by atoms with E-state index in [2.05, 4.69) is 78.8 Å². The number of thiophene rings is 1. The van der Waals surface area contributed by atoms with E-state index in [1.165, 1.54) is 69.1 Å². The second-order valence-corrected chi connectivity index (χ2v) is 36.4. The van der Waals surface area contributed by atoms with Crippen molar-refractivity contribution in [3.05, 3.63) is 119 Å². The molecule has 0 aliphatic carbocycles. The number of carbonyl (C=O) groups excluding carboxylic acids is 17. The Kier molecular flexibility index (Phi) is 39.6. The molecule has 45 heteroatoms. The number of amides is 17. The Bertz CT molecular complexity index is 5210. The number of hydrogen-bond donors (Lipinski definition) is 21. The molecule has 0 radical (unpaired) electrons. The van der Waals surface area contributed by atoms with Crippen LogP contribution in [0.25, 0.3) is 21.0 Å². The Morgan fingerprint density at radius 3 is 1.81 bits per heavy atom. The number of nitrogens with zero attached hydrogens (tertiary/aromatic N) is 5. The largest absolute Gasteiger partial charge is 0.508 e. The molecule has 9 rings (SSSR count). The highest BCUT2D eigenvalue weighted by atomic mass is 32.2. The number of benzene rings is 3. The predicted molar refractivity (Wildman–Crippen MR) is 499 cm³/mol. The Morgan fingerprint density at radius 1 is 0.578 bits per heavy atom. The summed E-state index contributed by atoms with van der Waals surface area (Å²) in [6.45, 7) is 6.00. The van der Waals surface area contributed by atoms with E-state index in [9.17, 15) is 58.5 Å². The number of nitrogens with one attached hydrogen (secondary N) is 15. The molecule has 17 amide bonds. The molecule has 43 nitrogen and oxygen atoms in total. The Hall–Kier alpha value is -13.3. The van der Waals surface area contributed by atoms with E-state index in [1.54, 1.807) is 61.8 Å². The van der Waals surface area contributed by atoms with Crippen molar-refractivity contribution in [2.75, 3.05) is 58.4 Å². The van der Waals surface area contributed by atoms with Gasteiger partial charge in [0, 0.05) is 105 Å². The molecule has 15 atom stereocenters. The monoisotopic (exact) mass is 1910 g/mol. The smallest absolute Gasteiger partial charge is 0.246 e. The fourth-order valence-electron chi connectivity index (χ4n) is 16.4. The summed E-state index contributed by atoms with van der Waals surface area (Å²) in [5, 5.41) is 75.6. The number of carbonyl (C=O) groups is 17. The van der Waals surface area contributed by atoms with Crippen LogP contribution >= 0.6 is 23.1 Å². The van der Waals surface area contributed by atoms with Crippen LogP contribution < -0.4 is 81.0 Å². The lowest BCUT2D eigenvalue weighted by Gasteiger charge is -2.33. The lowest BCUT2D eigenvalue weighted by Crippen LogP contribution is -2.61. The van der Waals surface area contributed by atoms with Gasteiger partial charge in [-0.15, -0.1) is 23.1 Å². The Balaban J connectivity index is 1.09. The summed E-state index contributed by atoms with van der Waals surface area (Å²) < 4.78 is 0.806. The number of likely N-dealkylation sites (N-methyl/N-ethyl adjacent to an activating group) is 2. The second kappa shape index (κ2) is 50.7. The number of thioether (sulfide) groups is 1. The number of rotatable bonds is 26. The number of hydrogen-bond acceptors (Lipinski definition) is 24. The maximum absolute atomic E-state index is 15.4. The SMILES string of the molecule is CCCC[C@H]1NC(=O)[C@H](Cc2csc3ccccc23)NC(=O)[C@H](CO)NC(=O)[C@H](Cc2c[nH]c3ccccc23)NC(=O)[C@@H]2C[C@@H](O)CN2C(=O)[C@H](CC(C)C)NC(=O)[C@H](Cc2cnc[nH]2)NC(=O)[C@@H]2CCCN2C(=O)[C@H](CC(N)=O)NC(=O)[C@H](C)N(C)C(=O)[C@H](Cc2ccc(O)cc2)NC(=O)CSCC(C(=O)NCC(N)=O)NC(=O)[C@H](CCCNC(=N)N)NC(=O)[C@H](CCCC)N(C)C1=O. The van der Waals surface area contributed by atoms with Gasteiger partial charge in [0.05, 0.1) is 37.8 Å². The minimum atomic E-state index is -1.88. The van der Waals surface area contributed by atoms with Crippen LogP contribution in [0.2, 0.25) is 0 Å². The molecular weight excluding hydrogens is 1790 g/mol. The van der Waals surface area contributed by atoms with Gasteiger partial charge in [0.1, 0.15) is 90.3 Å². The summed E-state index contributed by atoms with van der Waals surface area (Å²) in [6, 6.07) is -2.12. The van der Waals surface area contributed by atoms with E-state index in [-0.39, 0.29) is 95.4 Å². The van der Waals surface area contributed by atoms with E-state index < -0.39 is 241 Å². The van der Waals surface area contributed by atoms with E-state index in [4.69, 9.17) is 22.6 Å². The third kappa shape index (κ3) is 30.1. The van der Waals surface area contributed by atoms with Crippen LogP contribution in [0.4, 0.5) is 0 Å². The van der Waals surface area contributed by atoms with Crippen LogP contribution in [0.3, 0.4) is 0 Å². The molecule has 6 heterocycles. The van der Waals surface area contributed by atoms with E-state index in [0.717, 1.165) is 36.1 Å². The Labute approximate surface area is 788 Å². The number of nitrogens with two attached hydrogens (primary N) is 3. The first-order valence-corrected chi connectivity index (χ1v) is 47.1. The molecule has 24 N–H and O–H groups in total. The fourth-order valence-corrected chi connectivity index (χ4v) is 18.2. The summed E-state index contributed by atoms with van der Waals surface area (Å²) in [4.78, 5) is 264. The zero-order valence-electron chi connectivity index (χ0n) is 76.5. The average molecular weight is 1910 g/mol. The zero-order chi connectivity index (χ0) is 98.4. The normalized spacial score (nSPS) is 24.7. The molecule has 0 saturated carbocycles. The van der Waals surface area contributed by atoms with Crippen molar-refractivity contribution in [3.8, 4) is 5.75 Å². The molecule has 3 fully saturated rings. The molecule has 0 spiro atoms. The van der Waals surface area contributed by atoms with Gasteiger partial charge in [0.25, 0.3) is 0 Å². The van der Waals surface area contributed by atoms with Crippen molar-refractivity contribution >= 4 is 150 Å². The minimum Gasteiger partial charge on any atom is -0.508 e. The quantitative estimate of drug-likeness (QED) is 0.0151.